The van der Waals surface area contributed by atoms with Gasteiger partial charge in [0.1, 0.15) is 10.8 Å². The molecule has 0 N–H and O–H groups in total. The summed E-state index contributed by atoms with van der Waals surface area (Å²) < 4.78 is 13.6. The first-order valence-corrected chi connectivity index (χ1v) is 8.26. The summed E-state index contributed by atoms with van der Waals surface area (Å²) in [7, 11) is 0. The lowest BCUT2D eigenvalue weighted by molar-refractivity contribution is 0.387. The Bertz CT molecular complexity index is 659. The normalized spacial score (nSPS) is 11.1. The molecule has 0 fully saturated rings. The van der Waals surface area contributed by atoms with Gasteiger partial charge in [-0.2, -0.15) is 13.7 Å². The molecule has 0 atom stereocenters. The lowest BCUT2D eigenvalue weighted by Gasteiger charge is -1.92. The molecule has 3 rings (SSSR count). The fourth-order valence-electron chi connectivity index (χ4n) is 1.95. The molecule has 0 amide bonds. The molecule has 0 spiro atoms. The Morgan fingerprint density at radius 1 is 1.00 bits per heavy atom. The van der Waals surface area contributed by atoms with Gasteiger partial charge >= 0.3 is 0 Å². The maximum Gasteiger partial charge on any atom is 0.223 e. The summed E-state index contributed by atoms with van der Waals surface area (Å²) in [5.41, 5.74) is 1.12. The van der Waals surface area contributed by atoms with Crippen molar-refractivity contribution < 1.29 is 4.52 Å². The second-order valence-corrected chi connectivity index (χ2v) is 6.48. The Hall–Kier alpha value is -1.67. The van der Waals surface area contributed by atoms with E-state index in [1.807, 2.05) is 6.92 Å². The van der Waals surface area contributed by atoms with Crippen LogP contribution in [0.1, 0.15) is 33.1 Å². The molecule has 3 aromatic rings. The minimum atomic E-state index is 0.613. The molecule has 0 aliphatic rings. The number of aryl methyl sites for hydroxylation is 6. The number of hydrogen-bond donors (Lipinski definition) is 0. The molecule has 0 saturated heterocycles. The van der Waals surface area contributed by atoms with Gasteiger partial charge in [-0.15, -0.1) is 0 Å². The predicted molar refractivity (Wildman–Crippen MR) is 80.6 cm³/mol. The van der Waals surface area contributed by atoms with Crippen molar-refractivity contribution in [1.29, 1.82) is 0 Å². The molecule has 8 heteroatoms. The monoisotopic (exact) mass is 321 g/mol. The zero-order chi connectivity index (χ0) is 14.7. The summed E-state index contributed by atoms with van der Waals surface area (Å²) in [6, 6.07) is 2.16. The van der Waals surface area contributed by atoms with Crippen LogP contribution in [0.3, 0.4) is 0 Å². The van der Waals surface area contributed by atoms with E-state index < -0.39 is 0 Å². The zero-order valence-electron chi connectivity index (χ0n) is 11.9. The highest BCUT2D eigenvalue weighted by molar-refractivity contribution is 7.06. The zero-order valence-corrected chi connectivity index (χ0v) is 13.5. The molecule has 3 heterocycles. The van der Waals surface area contributed by atoms with Gasteiger partial charge in [-0.25, -0.2) is 4.98 Å². The summed E-state index contributed by atoms with van der Waals surface area (Å²) in [6.07, 6.45) is 3.49. The molecule has 3 aromatic heterocycles. The van der Waals surface area contributed by atoms with Crippen LogP contribution in [0.5, 0.6) is 0 Å². The highest BCUT2D eigenvalue weighted by atomic mass is 32.1. The summed E-state index contributed by atoms with van der Waals surface area (Å²) in [4.78, 5) is 9.82. The van der Waals surface area contributed by atoms with E-state index in [1.165, 1.54) is 16.4 Å². The third kappa shape index (κ3) is 3.92. The lowest BCUT2D eigenvalue weighted by Crippen LogP contribution is -1.92. The first-order chi connectivity index (χ1) is 10.2. The smallest absolute Gasteiger partial charge is 0.223 e. The van der Waals surface area contributed by atoms with Gasteiger partial charge in [0.15, 0.2) is 5.82 Å². The number of aromatic nitrogens is 5. The van der Waals surface area contributed by atoms with Crippen molar-refractivity contribution in [3.05, 3.63) is 39.2 Å². The summed E-state index contributed by atoms with van der Waals surface area (Å²) in [6.45, 7) is 3.72. The van der Waals surface area contributed by atoms with Crippen LogP contribution in [0.15, 0.2) is 10.6 Å². The first kappa shape index (κ1) is 14.3. The molecule has 6 nitrogen and oxygen atoms in total. The minimum absolute atomic E-state index is 0.613. The maximum absolute atomic E-state index is 4.96. The van der Waals surface area contributed by atoms with Crippen molar-refractivity contribution in [2.24, 2.45) is 0 Å². The Labute approximate surface area is 130 Å². The minimum Gasteiger partial charge on any atom is -0.340 e. The first-order valence-electron chi connectivity index (χ1n) is 6.72. The molecule has 0 bridgehead atoms. The molecule has 21 heavy (non-hydrogen) atoms. The van der Waals surface area contributed by atoms with Gasteiger partial charge in [-0.1, -0.05) is 5.16 Å². The molecule has 0 aliphatic carbocycles. The van der Waals surface area contributed by atoms with Gasteiger partial charge in [-0.3, -0.25) is 0 Å². The summed E-state index contributed by atoms with van der Waals surface area (Å²) in [5, 5.41) is 4.97. The van der Waals surface area contributed by atoms with E-state index in [4.69, 9.17) is 4.52 Å². The van der Waals surface area contributed by atoms with Crippen molar-refractivity contribution in [3.63, 3.8) is 0 Å². The molecule has 0 saturated carbocycles. The molecular weight excluding hydrogens is 306 g/mol. The highest BCUT2D eigenvalue weighted by Crippen LogP contribution is 2.15. The standard InChI is InChI=1S/C13H15N5OS2/c1-8-14-13(21-17-8)6-3-10-7-11(20-18-10)4-5-12-15-9(2)19-16-12/h7H,3-6H2,1-2H3. The van der Waals surface area contributed by atoms with E-state index >= 15 is 0 Å². The van der Waals surface area contributed by atoms with Crippen molar-refractivity contribution in [2.45, 2.75) is 39.5 Å². The van der Waals surface area contributed by atoms with Gasteiger partial charge in [0.2, 0.25) is 5.89 Å². The van der Waals surface area contributed by atoms with Crippen LogP contribution in [0.2, 0.25) is 0 Å². The van der Waals surface area contributed by atoms with E-state index in [1.54, 1.807) is 18.5 Å². The predicted octanol–water partition coefficient (Wildman–Crippen LogP) is 2.56. The van der Waals surface area contributed by atoms with Crippen LogP contribution in [-0.2, 0) is 25.7 Å². The third-order valence-electron chi connectivity index (χ3n) is 2.94. The Morgan fingerprint density at radius 3 is 2.62 bits per heavy atom. The number of rotatable bonds is 6. The van der Waals surface area contributed by atoms with Gasteiger partial charge in [-0.05, 0) is 48.9 Å². The summed E-state index contributed by atoms with van der Waals surface area (Å²) >= 11 is 3.02. The van der Waals surface area contributed by atoms with E-state index in [-0.39, 0.29) is 0 Å². The van der Waals surface area contributed by atoms with Gasteiger partial charge < -0.3 is 4.52 Å². The van der Waals surface area contributed by atoms with Crippen LogP contribution in [0, 0.1) is 13.8 Å². The Kier molecular flexibility index (Phi) is 4.35. The van der Waals surface area contributed by atoms with Crippen molar-refractivity contribution in [1.82, 2.24) is 23.9 Å². The van der Waals surface area contributed by atoms with Gasteiger partial charge in [0, 0.05) is 24.6 Å². The molecule has 0 aliphatic heterocycles. The molecule has 0 unspecified atom stereocenters. The summed E-state index contributed by atoms with van der Waals surface area (Å²) in [5.74, 6) is 2.22. The lowest BCUT2D eigenvalue weighted by atomic mass is 10.2. The number of nitrogens with zero attached hydrogens (tertiary/aromatic N) is 5. The molecule has 0 aromatic carbocycles. The van der Waals surface area contributed by atoms with Crippen LogP contribution in [0.25, 0.3) is 0 Å². The van der Waals surface area contributed by atoms with Crippen molar-refractivity contribution in [2.75, 3.05) is 0 Å². The molecule has 110 valence electrons. The largest absolute Gasteiger partial charge is 0.340 e. The second kappa shape index (κ2) is 6.40. The van der Waals surface area contributed by atoms with E-state index in [2.05, 4.69) is 29.9 Å². The average Bonchev–Trinajstić information content (AvgIpc) is 3.16. The highest BCUT2D eigenvalue weighted by Gasteiger charge is 2.07. The fourth-order valence-corrected chi connectivity index (χ4v) is 3.35. The molecular formula is C13H15N5OS2. The number of hydrogen-bond acceptors (Lipinski definition) is 8. The van der Waals surface area contributed by atoms with E-state index in [0.29, 0.717) is 5.89 Å². The molecule has 0 radical (unpaired) electrons. The van der Waals surface area contributed by atoms with Crippen LogP contribution < -0.4 is 0 Å². The van der Waals surface area contributed by atoms with E-state index in [0.717, 1.165) is 48.0 Å². The van der Waals surface area contributed by atoms with E-state index in [9.17, 15) is 0 Å². The third-order valence-corrected chi connectivity index (χ3v) is 4.68. The van der Waals surface area contributed by atoms with Crippen molar-refractivity contribution in [3.8, 4) is 0 Å². The van der Waals surface area contributed by atoms with Crippen molar-refractivity contribution >= 4 is 23.1 Å². The van der Waals surface area contributed by atoms with Crippen LogP contribution in [-0.4, -0.2) is 23.9 Å². The van der Waals surface area contributed by atoms with Crippen LogP contribution >= 0.6 is 23.1 Å². The van der Waals surface area contributed by atoms with Crippen LogP contribution in [0.4, 0.5) is 0 Å². The Balaban J connectivity index is 1.51. The fraction of sp³-hybridized carbons (Fsp3) is 0.462. The SMILES string of the molecule is Cc1nsc(CCc2cc(CCc3noc(C)n3)sn2)n1. The quantitative estimate of drug-likeness (QED) is 0.694. The topological polar surface area (TPSA) is 77.6 Å². The van der Waals surface area contributed by atoms with Gasteiger partial charge in [0.25, 0.3) is 0 Å². The second-order valence-electron chi connectivity index (χ2n) is 4.75. The average molecular weight is 321 g/mol. The Morgan fingerprint density at radius 2 is 1.90 bits per heavy atom. The van der Waals surface area contributed by atoms with Gasteiger partial charge in [0.05, 0.1) is 5.69 Å². The maximum atomic E-state index is 4.96.